The van der Waals surface area contributed by atoms with Crippen LogP contribution in [0.1, 0.15) is 31.7 Å². The number of quaternary nitrogens is 1. The number of hydrogen-bond acceptors (Lipinski definition) is 8. The van der Waals surface area contributed by atoms with Crippen molar-refractivity contribution >= 4 is 17.6 Å². The average molecular weight is 485 g/mol. The molecule has 3 unspecified atom stereocenters. The lowest BCUT2D eigenvalue weighted by Gasteiger charge is -2.42. The minimum absolute atomic E-state index is 0.0293. The molecule has 1 aromatic rings. The van der Waals surface area contributed by atoms with Crippen LogP contribution in [0.3, 0.4) is 0 Å². The van der Waals surface area contributed by atoms with Gasteiger partial charge in [0.2, 0.25) is 5.91 Å². The van der Waals surface area contributed by atoms with Crippen molar-refractivity contribution in [1.82, 2.24) is 0 Å². The molecule has 1 amide bonds. The Balaban J connectivity index is 0.000000555. The van der Waals surface area contributed by atoms with Gasteiger partial charge in [-0.1, -0.05) is 25.1 Å². The number of amides is 1. The summed E-state index contributed by atoms with van der Waals surface area (Å²) in [5, 5.41) is 3.11. The molecule has 3 heterocycles. The van der Waals surface area contributed by atoms with Crippen molar-refractivity contribution < 1.29 is 52.8 Å². The van der Waals surface area contributed by atoms with Crippen molar-refractivity contribution in [1.29, 1.82) is 0 Å². The van der Waals surface area contributed by atoms with Gasteiger partial charge in [0.15, 0.2) is 0 Å². The number of ether oxygens (including phenoxy) is 2. The van der Waals surface area contributed by atoms with Crippen molar-refractivity contribution in [2.24, 2.45) is 11.8 Å². The van der Waals surface area contributed by atoms with E-state index in [1.807, 2.05) is 18.2 Å². The lowest BCUT2D eigenvalue weighted by molar-refractivity contribution is -2.00. The number of nitrogens with one attached hydrogen (secondary N) is 2. The SMILES string of the molecule is CC[C@H]1C[NH+]2CCC3(C(=O)Nc4ccccc43)C2C[C@@H]1/C(=C\OC)C(=O)OC.[O-][Cl+3]([O-])([O-])[O-]. The Kier molecular flexibility index (Phi) is 7.67. The Labute approximate surface area is 194 Å². The summed E-state index contributed by atoms with van der Waals surface area (Å²) in [6.45, 7) is 4.11. The second-order valence-corrected chi connectivity index (χ2v) is 9.33. The fraction of sp³-hybridized carbons (Fsp3) is 0.545. The number of piperidine rings is 1. The van der Waals surface area contributed by atoms with Crippen LogP contribution in [-0.2, 0) is 24.5 Å². The predicted octanol–water partition coefficient (Wildman–Crippen LogP) is -3.47. The lowest BCUT2D eigenvalue weighted by Crippen LogP contribution is -3.16. The number of carbonyl (C=O) groups excluding carboxylic acids is 2. The van der Waals surface area contributed by atoms with Crippen LogP contribution < -0.4 is 28.9 Å². The zero-order valence-corrected chi connectivity index (χ0v) is 19.6. The molecule has 2 fully saturated rings. The maximum Gasteiger partial charge on any atom is 0.337 e. The number of halogens is 1. The number of benzene rings is 1. The summed E-state index contributed by atoms with van der Waals surface area (Å²) in [5.41, 5.74) is 2.13. The van der Waals surface area contributed by atoms with Crippen LogP contribution >= 0.6 is 0 Å². The second-order valence-electron chi connectivity index (χ2n) is 8.57. The highest BCUT2D eigenvalue weighted by Crippen LogP contribution is 2.47. The molecule has 0 saturated carbocycles. The molecule has 4 rings (SSSR count). The average Bonchev–Trinajstić information content (AvgIpc) is 3.28. The molecule has 11 heteroatoms. The Bertz CT molecular complexity index is 912. The smallest absolute Gasteiger partial charge is 0.337 e. The van der Waals surface area contributed by atoms with Crippen molar-refractivity contribution in [3.05, 3.63) is 41.7 Å². The second kappa shape index (κ2) is 9.96. The van der Waals surface area contributed by atoms with E-state index in [2.05, 4.69) is 18.3 Å². The van der Waals surface area contributed by atoms with Gasteiger partial charge < -0.3 is 19.7 Å². The summed E-state index contributed by atoms with van der Waals surface area (Å²) in [7, 11) is -1.98. The van der Waals surface area contributed by atoms with Crippen LogP contribution in [0.25, 0.3) is 0 Å². The summed E-state index contributed by atoms with van der Waals surface area (Å²) in [5.74, 6) is 0.165. The fourth-order valence-electron chi connectivity index (χ4n) is 5.87. The molecule has 3 aliphatic heterocycles. The first-order valence-electron chi connectivity index (χ1n) is 10.7. The van der Waals surface area contributed by atoms with Crippen LogP contribution in [0.15, 0.2) is 36.1 Å². The maximum absolute atomic E-state index is 13.2. The number of carbonyl (C=O) groups is 2. The van der Waals surface area contributed by atoms with Crippen LogP contribution in [0.4, 0.5) is 5.69 Å². The van der Waals surface area contributed by atoms with E-state index in [-0.39, 0.29) is 23.8 Å². The molecule has 1 spiro atoms. The number of anilines is 1. The molecule has 1 aromatic carbocycles. The van der Waals surface area contributed by atoms with E-state index in [9.17, 15) is 9.59 Å². The summed E-state index contributed by atoms with van der Waals surface area (Å²) in [6, 6.07) is 8.20. The van der Waals surface area contributed by atoms with Crippen molar-refractivity contribution in [2.75, 3.05) is 32.6 Å². The van der Waals surface area contributed by atoms with Gasteiger partial charge in [0.1, 0.15) is 11.5 Å². The topological polar surface area (TPSA) is 161 Å². The summed E-state index contributed by atoms with van der Waals surface area (Å²) < 4.78 is 44.2. The number of esters is 1. The molecule has 2 N–H and O–H groups in total. The molecule has 0 bridgehead atoms. The Morgan fingerprint density at radius 1 is 1.27 bits per heavy atom. The lowest BCUT2D eigenvalue weighted by atomic mass is 9.67. The van der Waals surface area contributed by atoms with Gasteiger partial charge in [-0.05, 0) is 18.1 Å². The number of rotatable bonds is 4. The van der Waals surface area contributed by atoms with Crippen molar-refractivity contribution in [3.63, 3.8) is 0 Å². The molecule has 0 radical (unpaired) electrons. The number of para-hydroxylation sites is 1. The molecule has 5 atom stereocenters. The first-order valence-corrected chi connectivity index (χ1v) is 12.0. The maximum atomic E-state index is 13.2. The van der Waals surface area contributed by atoms with Gasteiger partial charge in [-0.15, -0.1) is 10.2 Å². The van der Waals surface area contributed by atoms with E-state index in [1.54, 1.807) is 7.11 Å². The summed E-state index contributed by atoms with van der Waals surface area (Å²) >= 11 is 0. The highest BCUT2D eigenvalue weighted by Gasteiger charge is 2.63. The van der Waals surface area contributed by atoms with Gasteiger partial charge in [-0.3, -0.25) is 4.79 Å². The third-order valence-corrected chi connectivity index (χ3v) is 7.16. The van der Waals surface area contributed by atoms with E-state index in [0.717, 1.165) is 43.6 Å². The highest BCUT2D eigenvalue weighted by atomic mass is 35.7. The van der Waals surface area contributed by atoms with Gasteiger partial charge in [0.05, 0.1) is 39.1 Å². The van der Waals surface area contributed by atoms with Gasteiger partial charge in [-0.2, -0.15) is 0 Å². The van der Waals surface area contributed by atoms with E-state index in [4.69, 9.17) is 28.1 Å². The van der Waals surface area contributed by atoms with E-state index >= 15 is 0 Å². The van der Waals surface area contributed by atoms with Gasteiger partial charge in [0.25, 0.3) is 0 Å². The molecule has 2 saturated heterocycles. The van der Waals surface area contributed by atoms with Crippen LogP contribution in [-0.4, -0.2) is 45.2 Å². The number of methoxy groups -OCH3 is 2. The third kappa shape index (κ3) is 5.01. The Hall–Kier alpha value is -2.21. The fourth-order valence-corrected chi connectivity index (χ4v) is 5.87. The normalized spacial score (nSPS) is 30.6. The predicted molar refractivity (Wildman–Crippen MR) is 105 cm³/mol. The zero-order valence-electron chi connectivity index (χ0n) is 18.8. The molecular formula is C22H29ClN2O8. The molecule has 0 aromatic heterocycles. The largest absolute Gasteiger partial charge is 0.504 e. The number of hydrogen-bond donors (Lipinski definition) is 2. The molecule has 0 aliphatic carbocycles. The monoisotopic (exact) mass is 484 g/mol. The van der Waals surface area contributed by atoms with Crippen LogP contribution in [0.5, 0.6) is 0 Å². The first kappa shape index (κ1) is 25.4. The Morgan fingerprint density at radius 2 is 1.94 bits per heavy atom. The quantitative estimate of drug-likeness (QED) is 0.253. The molecule has 10 nitrogen and oxygen atoms in total. The summed E-state index contributed by atoms with van der Waals surface area (Å²) in [4.78, 5) is 27.2. The van der Waals surface area contributed by atoms with Crippen LogP contribution in [0.2, 0.25) is 0 Å². The van der Waals surface area contributed by atoms with Crippen molar-refractivity contribution in [3.8, 4) is 0 Å². The highest BCUT2D eigenvalue weighted by molar-refractivity contribution is 6.07. The van der Waals surface area contributed by atoms with Gasteiger partial charge >= 0.3 is 5.97 Å². The van der Waals surface area contributed by atoms with Gasteiger partial charge in [0, 0.05) is 30.4 Å². The molecule has 182 valence electrons. The van der Waals surface area contributed by atoms with E-state index < -0.39 is 15.7 Å². The van der Waals surface area contributed by atoms with E-state index in [1.165, 1.54) is 18.3 Å². The molecule has 33 heavy (non-hydrogen) atoms. The third-order valence-electron chi connectivity index (χ3n) is 7.16. The molecular weight excluding hydrogens is 456 g/mol. The minimum Gasteiger partial charge on any atom is -0.504 e. The van der Waals surface area contributed by atoms with Gasteiger partial charge in [-0.25, -0.2) is 23.4 Å². The first-order chi connectivity index (χ1) is 15.6. The van der Waals surface area contributed by atoms with E-state index in [0.29, 0.717) is 11.5 Å². The Morgan fingerprint density at radius 3 is 2.55 bits per heavy atom. The minimum atomic E-state index is -4.94. The summed E-state index contributed by atoms with van der Waals surface area (Å²) in [6.07, 6.45) is 4.14. The molecule has 3 aliphatic rings. The standard InChI is InChI=1S/C22H28N2O4.ClHO4/c1-4-14-12-24-10-9-22(17-7-5-6-8-18(17)23-21(22)26)19(24)11-15(14)16(13-27-2)20(25)28-3;2-1(3,4)5/h5-8,13-15,19H,4,9-12H2,1-3H3,(H,23,26);(H,2,3,4,5)/b16-13+;/t14-,15-,19?,22?;/m0./s1. The van der Waals surface area contributed by atoms with Crippen molar-refractivity contribution in [2.45, 2.75) is 37.6 Å². The zero-order chi connectivity index (χ0) is 24.4. The van der Waals surface area contributed by atoms with Crippen LogP contribution in [0, 0.1) is 22.1 Å². The number of fused-ring (bicyclic) bond motifs is 4.